The summed E-state index contributed by atoms with van der Waals surface area (Å²) in [4.78, 5) is 4.61. The van der Waals surface area contributed by atoms with Crippen LogP contribution in [0.25, 0.3) is 72.3 Å². The molecule has 3 heterocycles. The van der Waals surface area contributed by atoms with E-state index in [1.165, 1.54) is 0 Å². The van der Waals surface area contributed by atoms with Gasteiger partial charge in [0.25, 0.3) is 6.33 Å². The quantitative estimate of drug-likeness (QED) is 0.101. The van der Waals surface area contributed by atoms with Gasteiger partial charge in [-0.1, -0.05) is 171 Å². The summed E-state index contributed by atoms with van der Waals surface area (Å²) in [7, 11) is 0. The first-order valence-corrected chi connectivity index (χ1v) is 21.1. The van der Waals surface area contributed by atoms with Crippen molar-refractivity contribution in [1.29, 1.82) is 0 Å². The Kier molecular flexibility index (Phi) is 9.94. The van der Waals surface area contributed by atoms with Gasteiger partial charge in [0, 0.05) is 44.3 Å². The van der Waals surface area contributed by atoms with E-state index in [9.17, 15) is 1.37 Å². The molecule has 5 nitrogen and oxygen atoms in total. The maximum absolute atomic E-state index is 9.57. The molecule has 0 fully saturated rings. The molecule has 6 heteroatoms. The van der Waals surface area contributed by atoms with Crippen molar-refractivity contribution < 1.29 is 34.5 Å². The minimum absolute atomic E-state index is 0. The second-order valence-corrected chi connectivity index (χ2v) is 16.3. The molecule has 11 aromatic rings. The van der Waals surface area contributed by atoms with Gasteiger partial charge in [-0.05, 0) is 74.4 Å². The van der Waals surface area contributed by atoms with E-state index >= 15 is 0 Å². The van der Waals surface area contributed by atoms with Gasteiger partial charge >= 0.3 is 0 Å². The predicted octanol–water partition coefficient (Wildman–Crippen LogP) is 13.4. The zero-order valence-electron chi connectivity index (χ0n) is 38.1. The molecule has 0 aliphatic carbocycles. The van der Waals surface area contributed by atoms with Gasteiger partial charge < -0.3 is 13.9 Å². The minimum atomic E-state index is -0.403. The summed E-state index contributed by atoms with van der Waals surface area (Å²) >= 11 is 0. The smallest absolute Gasteiger partial charge is 0.268 e. The van der Waals surface area contributed by atoms with Crippen molar-refractivity contribution in [1.82, 2.24) is 14.1 Å². The van der Waals surface area contributed by atoms with Crippen molar-refractivity contribution >= 4 is 32.8 Å². The first-order valence-electron chi connectivity index (χ1n) is 22.6. The third-order valence-electron chi connectivity index (χ3n) is 11.8. The Morgan fingerprint density at radius 1 is 0.625 bits per heavy atom. The minimum Gasteiger partial charge on any atom is -0.510 e. The number of imidazole rings is 1. The van der Waals surface area contributed by atoms with Gasteiger partial charge in [0.1, 0.15) is 5.82 Å². The van der Waals surface area contributed by atoms with E-state index in [2.05, 4.69) is 139 Å². The van der Waals surface area contributed by atoms with Gasteiger partial charge in [-0.3, -0.25) is 4.57 Å². The molecular weight excluding hydrogens is 964 g/mol. The summed E-state index contributed by atoms with van der Waals surface area (Å²) in [6.45, 7) is 4.21. The second kappa shape index (κ2) is 17.1. The summed E-state index contributed by atoms with van der Waals surface area (Å²) in [6.07, 6.45) is 3.93. The number of pyridine rings is 1. The van der Waals surface area contributed by atoms with Gasteiger partial charge in [-0.25, -0.2) is 4.98 Å². The Hall–Kier alpha value is -7.33. The van der Waals surface area contributed by atoms with Gasteiger partial charge in [0.2, 0.25) is 0 Å². The molecule has 0 saturated heterocycles. The van der Waals surface area contributed by atoms with Crippen molar-refractivity contribution in [3.63, 3.8) is 0 Å². The molecule has 0 amide bonds. The van der Waals surface area contributed by atoms with Crippen LogP contribution in [-0.2, 0) is 32.9 Å². The number of aromatic nitrogens is 4. The summed E-state index contributed by atoms with van der Waals surface area (Å²) in [5, 5.41) is 1.85. The van der Waals surface area contributed by atoms with Crippen LogP contribution in [0.2, 0.25) is 0 Å². The van der Waals surface area contributed by atoms with Gasteiger partial charge in [-0.15, -0.1) is 29.7 Å². The predicted molar refractivity (Wildman–Crippen MR) is 254 cm³/mol. The Morgan fingerprint density at radius 3 is 1.98 bits per heavy atom. The molecule has 0 bridgehead atoms. The molecule has 0 atom stereocenters. The fraction of sp³-hybridized carbons (Fsp3) is 0.0690. The van der Waals surface area contributed by atoms with Crippen LogP contribution < -0.4 is 9.30 Å². The monoisotopic (exact) mass is 1010 g/mol. The second-order valence-electron chi connectivity index (χ2n) is 16.3. The molecule has 0 aliphatic rings. The van der Waals surface area contributed by atoms with Crippen molar-refractivity contribution in [2.24, 2.45) is 0 Å². The molecule has 0 N–H and O–H groups in total. The van der Waals surface area contributed by atoms with E-state index in [1.807, 2.05) is 100 Å². The molecule has 0 unspecified atom stereocenters. The summed E-state index contributed by atoms with van der Waals surface area (Å²) in [5.41, 5.74) is 10.7. The third-order valence-corrected chi connectivity index (χ3v) is 11.8. The first kappa shape index (κ1) is 37.2. The van der Waals surface area contributed by atoms with Crippen molar-refractivity contribution in [2.45, 2.75) is 25.7 Å². The van der Waals surface area contributed by atoms with E-state index in [1.54, 1.807) is 0 Å². The number of fused-ring (bicyclic) bond motifs is 4. The molecule has 8 aromatic carbocycles. The van der Waals surface area contributed by atoms with Crippen LogP contribution in [0.3, 0.4) is 0 Å². The Labute approximate surface area is 392 Å². The average Bonchev–Trinajstić information content (AvgIpc) is 3.90. The topological polar surface area (TPSA) is 35.9 Å². The normalized spacial score (nSPS) is 12.2. The molecule has 0 radical (unpaired) electrons. The first-order chi connectivity index (χ1) is 32.2. The van der Waals surface area contributed by atoms with Crippen molar-refractivity contribution in [2.75, 3.05) is 0 Å². The van der Waals surface area contributed by atoms with Crippen LogP contribution >= 0.6 is 0 Å². The fourth-order valence-electron chi connectivity index (χ4n) is 8.76. The van der Waals surface area contributed by atoms with Crippen molar-refractivity contribution in [3.05, 3.63) is 236 Å². The number of para-hydroxylation sites is 4. The average molecular weight is 1010 g/mol. The molecule has 11 rings (SSSR count). The summed E-state index contributed by atoms with van der Waals surface area (Å²) in [5.74, 6) is 1.20. The summed E-state index contributed by atoms with van der Waals surface area (Å²) in [6, 6.07) is 70.6. The fourth-order valence-corrected chi connectivity index (χ4v) is 8.76. The maximum atomic E-state index is 9.57. The van der Waals surface area contributed by atoms with E-state index in [0.717, 1.165) is 66.5 Å². The zero-order valence-corrected chi connectivity index (χ0v) is 37.4. The molecule has 0 saturated carbocycles. The van der Waals surface area contributed by atoms with Gasteiger partial charge in [-0.2, -0.15) is 18.2 Å². The van der Waals surface area contributed by atoms with E-state index in [0.29, 0.717) is 29.0 Å². The van der Waals surface area contributed by atoms with Crippen LogP contribution in [0.5, 0.6) is 11.5 Å². The van der Waals surface area contributed by atoms with Crippen LogP contribution in [-0.4, -0.2) is 14.1 Å². The molecule has 0 spiro atoms. The zero-order chi connectivity index (χ0) is 44.9. The van der Waals surface area contributed by atoms with Crippen LogP contribution in [0.4, 0.5) is 0 Å². The van der Waals surface area contributed by atoms with Crippen molar-refractivity contribution in [3.8, 4) is 50.9 Å². The number of rotatable bonds is 10. The maximum Gasteiger partial charge on any atom is 0.268 e. The largest absolute Gasteiger partial charge is 0.510 e. The molecule has 3 aromatic heterocycles. The number of nitrogens with zero attached hydrogens (tertiary/aromatic N) is 4. The number of hydrogen-bond donors (Lipinski definition) is 0. The Balaban J connectivity index is 0.00000525. The van der Waals surface area contributed by atoms with Gasteiger partial charge in [0.15, 0.2) is 0 Å². The Bertz CT molecular complexity index is 3550. The SMILES string of the molecule is [2H]c1nc(-n2c3[c-]c(Oc4[c-]c(-n5[c-][n+](-c6c(-c7ccccc7)cccc6-c6ccccc6)c6ccccc65)ccc4)ccc3c3ccccc32)c([2H])c(CC(C)(C)c2ccccc2)c1[2H].[Pt]. The van der Waals surface area contributed by atoms with E-state index in [4.69, 9.17) is 7.48 Å². The number of benzene rings is 8. The number of hydrogen-bond acceptors (Lipinski definition) is 2. The van der Waals surface area contributed by atoms with Crippen LogP contribution in [0, 0.1) is 18.5 Å². The molecule has 312 valence electrons. The summed E-state index contributed by atoms with van der Waals surface area (Å²) < 4.78 is 40.0. The molecular formula is C58H42N4OPt-2. The van der Waals surface area contributed by atoms with E-state index in [-0.39, 0.29) is 45.1 Å². The third kappa shape index (κ3) is 7.52. The molecule has 64 heavy (non-hydrogen) atoms. The van der Waals surface area contributed by atoms with Gasteiger partial charge in [0.05, 0.1) is 20.8 Å². The Morgan fingerprint density at radius 2 is 1.25 bits per heavy atom. The van der Waals surface area contributed by atoms with E-state index < -0.39 is 5.41 Å². The molecule has 0 aliphatic heterocycles. The number of ether oxygens (including phenoxy) is 1. The standard InChI is InChI=1S/C58H42N4O.Pt/c1-58(2,44-22-10-5-11-23-44)39-41-34-35-59-56(36-41)62-52-29-13-12-26-50(52)51-33-32-47(38-55(51)62)63-46-25-16-24-45(37-46)60-40-61(54-31-15-14-30-53(54)60)57-48(42-18-6-3-7-19-42)27-17-28-49(57)43-20-8-4-9-21-43;/h3-36H,39H2,1-2H3;/q-2;/i34D,35D,36D;. The van der Waals surface area contributed by atoms with Crippen LogP contribution in [0.1, 0.15) is 29.1 Å². The van der Waals surface area contributed by atoms with Crippen LogP contribution in [0.15, 0.2) is 206 Å².